The van der Waals surface area contributed by atoms with Crippen molar-refractivity contribution in [3.63, 3.8) is 0 Å². The van der Waals surface area contributed by atoms with Crippen LogP contribution in [0, 0.1) is 6.92 Å². The topological polar surface area (TPSA) is 38.3 Å². The van der Waals surface area contributed by atoms with Crippen molar-refractivity contribution in [2.75, 3.05) is 19.0 Å². The molecular weight excluding hydrogens is 238 g/mol. The van der Waals surface area contributed by atoms with Crippen LogP contribution in [0.25, 0.3) is 0 Å². The van der Waals surface area contributed by atoms with Crippen LogP contribution in [0.2, 0.25) is 5.02 Å². The molecule has 1 aromatic rings. The van der Waals surface area contributed by atoms with E-state index in [0.29, 0.717) is 12.1 Å². The van der Waals surface area contributed by atoms with Crippen LogP contribution >= 0.6 is 11.6 Å². The van der Waals surface area contributed by atoms with Crippen molar-refractivity contribution < 1.29 is 9.53 Å². The zero-order valence-corrected chi connectivity index (χ0v) is 11.0. The van der Waals surface area contributed by atoms with Gasteiger partial charge in [0.05, 0.1) is 7.11 Å². The molecule has 0 radical (unpaired) electrons. The minimum absolute atomic E-state index is 0.311. The highest BCUT2D eigenvalue weighted by molar-refractivity contribution is 6.31. The third-order valence-corrected chi connectivity index (χ3v) is 2.89. The predicted molar refractivity (Wildman–Crippen MR) is 70.5 cm³/mol. The Labute approximate surface area is 106 Å². The lowest BCUT2D eigenvalue weighted by Gasteiger charge is -2.08. The number of methoxy groups -OCH3 is 1. The van der Waals surface area contributed by atoms with E-state index in [1.54, 1.807) is 13.0 Å². The molecule has 17 heavy (non-hydrogen) atoms. The van der Waals surface area contributed by atoms with Crippen LogP contribution in [0.5, 0.6) is 0 Å². The minimum atomic E-state index is -0.311. The first kappa shape index (κ1) is 13.6. The van der Waals surface area contributed by atoms with Crippen molar-refractivity contribution in [1.29, 1.82) is 0 Å². The average molecular weight is 254 g/mol. The van der Waals surface area contributed by atoms with Crippen LogP contribution in [0.4, 0.5) is 5.69 Å². The lowest BCUT2D eigenvalue weighted by Crippen LogP contribution is -2.06. The maximum atomic E-state index is 11.1. The first-order chi connectivity index (χ1) is 8.06. The van der Waals surface area contributed by atoms with Gasteiger partial charge in [-0.3, -0.25) is 0 Å². The number of esters is 1. The average Bonchev–Trinajstić information content (AvgIpc) is 2.33. The molecule has 4 heteroatoms. The summed E-state index contributed by atoms with van der Waals surface area (Å²) < 4.78 is 4.60. The Bertz CT molecular complexity index is 441. The normalized spacial score (nSPS) is 11.2. The molecule has 0 fully saturated rings. The number of nitrogens with one attached hydrogen (secondary N) is 1. The summed E-state index contributed by atoms with van der Waals surface area (Å²) in [5.41, 5.74) is 2.55. The molecule has 1 N–H and O–H groups in total. The number of carbonyl (C=O) groups is 1. The molecule has 92 valence electrons. The molecule has 0 saturated heterocycles. The zero-order chi connectivity index (χ0) is 12.8. The van der Waals surface area contributed by atoms with Gasteiger partial charge in [-0.25, -0.2) is 4.79 Å². The van der Waals surface area contributed by atoms with Crippen molar-refractivity contribution in [1.82, 2.24) is 0 Å². The number of halogens is 1. The van der Waals surface area contributed by atoms with Crippen molar-refractivity contribution >= 4 is 23.3 Å². The Kier molecular flexibility index (Phi) is 5.04. The Morgan fingerprint density at radius 2 is 2.24 bits per heavy atom. The lowest BCUT2D eigenvalue weighted by atomic mass is 10.2. The Morgan fingerprint density at radius 3 is 2.88 bits per heavy atom. The van der Waals surface area contributed by atoms with Gasteiger partial charge in [0, 0.05) is 22.8 Å². The Balaban J connectivity index is 2.63. The fourth-order valence-electron chi connectivity index (χ4n) is 1.36. The van der Waals surface area contributed by atoms with Gasteiger partial charge in [-0.2, -0.15) is 0 Å². The lowest BCUT2D eigenvalue weighted by molar-refractivity contribution is -0.136. The second-order valence-corrected chi connectivity index (χ2v) is 4.08. The third kappa shape index (κ3) is 3.79. The van der Waals surface area contributed by atoms with Gasteiger partial charge in [-0.1, -0.05) is 23.7 Å². The largest absolute Gasteiger partial charge is 0.466 e. The van der Waals surface area contributed by atoms with E-state index in [9.17, 15) is 4.79 Å². The number of carbonyl (C=O) groups excluding carboxylic acids is 1. The predicted octanol–water partition coefficient (Wildman–Crippen LogP) is 3.18. The molecule has 0 unspecified atom stereocenters. The standard InChI is InChI=1S/C13H16ClNO2/c1-9(13(16)17-3)7-8-15-12-6-4-5-11(14)10(12)2/h4-7,15H,8H2,1-3H3/b9-7+. The van der Waals surface area contributed by atoms with Crippen LogP contribution in [0.1, 0.15) is 12.5 Å². The molecule has 0 aliphatic rings. The van der Waals surface area contributed by atoms with E-state index in [1.807, 2.05) is 25.1 Å². The number of rotatable bonds is 4. The number of ether oxygens (including phenoxy) is 1. The maximum Gasteiger partial charge on any atom is 0.333 e. The molecule has 0 atom stereocenters. The molecule has 0 aliphatic heterocycles. The van der Waals surface area contributed by atoms with Gasteiger partial charge >= 0.3 is 5.97 Å². The van der Waals surface area contributed by atoms with Gasteiger partial charge in [0.15, 0.2) is 0 Å². The highest BCUT2D eigenvalue weighted by atomic mass is 35.5. The molecule has 0 spiro atoms. The van der Waals surface area contributed by atoms with E-state index >= 15 is 0 Å². The van der Waals surface area contributed by atoms with Crippen molar-refractivity contribution in [2.45, 2.75) is 13.8 Å². The van der Waals surface area contributed by atoms with E-state index in [4.69, 9.17) is 11.6 Å². The van der Waals surface area contributed by atoms with Gasteiger partial charge < -0.3 is 10.1 Å². The molecular formula is C13H16ClNO2. The van der Waals surface area contributed by atoms with Gasteiger partial charge in [-0.05, 0) is 31.5 Å². The Morgan fingerprint density at radius 1 is 1.53 bits per heavy atom. The van der Waals surface area contributed by atoms with Crippen molar-refractivity contribution in [3.8, 4) is 0 Å². The number of benzene rings is 1. The molecule has 3 nitrogen and oxygen atoms in total. The fraction of sp³-hybridized carbons (Fsp3) is 0.308. The smallest absolute Gasteiger partial charge is 0.333 e. The summed E-state index contributed by atoms with van der Waals surface area (Å²) in [6.07, 6.45) is 1.78. The van der Waals surface area contributed by atoms with Crippen LogP contribution in [-0.2, 0) is 9.53 Å². The monoisotopic (exact) mass is 253 g/mol. The highest BCUT2D eigenvalue weighted by Gasteiger charge is 2.03. The number of hydrogen-bond donors (Lipinski definition) is 1. The quantitative estimate of drug-likeness (QED) is 0.662. The fourth-order valence-corrected chi connectivity index (χ4v) is 1.53. The van der Waals surface area contributed by atoms with Crippen LogP contribution < -0.4 is 5.32 Å². The zero-order valence-electron chi connectivity index (χ0n) is 10.2. The van der Waals surface area contributed by atoms with E-state index in [-0.39, 0.29) is 5.97 Å². The minimum Gasteiger partial charge on any atom is -0.466 e. The summed E-state index contributed by atoms with van der Waals surface area (Å²) in [6, 6.07) is 5.68. The van der Waals surface area contributed by atoms with Crippen molar-refractivity contribution in [2.24, 2.45) is 0 Å². The second-order valence-electron chi connectivity index (χ2n) is 3.67. The summed E-state index contributed by atoms with van der Waals surface area (Å²) in [7, 11) is 1.37. The summed E-state index contributed by atoms with van der Waals surface area (Å²) in [5, 5.41) is 3.92. The molecule has 1 aromatic carbocycles. The van der Waals surface area contributed by atoms with Gasteiger partial charge in [0.2, 0.25) is 0 Å². The molecule has 1 rings (SSSR count). The van der Waals surface area contributed by atoms with Gasteiger partial charge in [0.25, 0.3) is 0 Å². The van der Waals surface area contributed by atoms with Crippen LogP contribution in [0.3, 0.4) is 0 Å². The summed E-state index contributed by atoms with van der Waals surface area (Å²) in [5.74, 6) is -0.311. The summed E-state index contributed by atoms with van der Waals surface area (Å²) >= 11 is 6.00. The van der Waals surface area contributed by atoms with E-state index in [1.165, 1.54) is 7.11 Å². The molecule has 0 aromatic heterocycles. The van der Waals surface area contributed by atoms with Gasteiger partial charge in [-0.15, -0.1) is 0 Å². The second kappa shape index (κ2) is 6.30. The van der Waals surface area contributed by atoms with Crippen molar-refractivity contribution in [3.05, 3.63) is 40.4 Å². The Hall–Kier alpha value is -1.48. The van der Waals surface area contributed by atoms with E-state index in [0.717, 1.165) is 16.3 Å². The van der Waals surface area contributed by atoms with Gasteiger partial charge in [0.1, 0.15) is 0 Å². The van der Waals surface area contributed by atoms with E-state index in [2.05, 4.69) is 10.1 Å². The maximum absolute atomic E-state index is 11.1. The number of anilines is 1. The molecule has 0 amide bonds. The van der Waals surface area contributed by atoms with Crippen LogP contribution in [0.15, 0.2) is 29.8 Å². The number of hydrogen-bond acceptors (Lipinski definition) is 3. The SMILES string of the molecule is COC(=O)/C(C)=C/CNc1cccc(Cl)c1C. The molecule has 0 bridgehead atoms. The summed E-state index contributed by atoms with van der Waals surface area (Å²) in [6.45, 7) is 4.22. The first-order valence-corrected chi connectivity index (χ1v) is 5.68. The third-order valence-electron chi connectivity index (χ3n) is 2.48. The molecule has 0 aliphatic carbocycles. The van der Waals surface area contributed by atoms with Crippen LogP contribution in [-0.4, -0.2) is 19.6 Å². The first-order valence-electron chi connectivity index (χ1n) is 5.30. The molecule has 0 saturated carbocycles. The molecule has 0 heterocycles. The van der Waals surface area contributed by atoms with E-state index < -0.39 is 0 Å². The summed E-state index contributed by atoms with van der Waals surface area (Å²) in [4.78, 5) is 11.1. The highest BCUT2D eigenvalue weighted by Crippen LogP contribution is 2.22.